The molecule has 0 aliphatic heterocycles. The molecule has 0 fully saturated rings. The maximum atomic E-state index is 12.1. The van der Waals surface area contributed by atoms with E-state index in [4.69, 9.17) is 5.73 Å². The number of nitrogen functional groups attached to an aromatic ring is 1. The van der Waals surface area contributed by atoms with Crippen molar-refractivity contribution >= 4 is 11.6 Å². The molecular weight excluding hydrogens is 212 g/mol. The van der Waals surface area contributed by atoms with E-state index in [9.17, 15) is 4.79 Å². The number of amides is 1. The van der Waals surface area contributed by atoms with Gasteiger partial charge in [-0.3, -0.25) is 4.79 Å². The highest BCUT2D eigenvalue weighted by molar-refractivity contribution is 5.80. The van der Waals surface area contributed by atoms with Crippen molar-refractivity contribution < 1.29 is 4.79 Å². The number of benzene rings is 1. The Morgan fingerprint density at radius 2 is 1.88 bits per heavy atom. The molecular formula is C14H22N2O. The van der Waals surface area contributed by atoms with E-state index in [2.05, 4.69) is 20.8 Å². The van der Waals surface area contributed by atoms with Gasteiger partial charge < -0.3 is 10.6 Å². The van der Waals surface area contributed by atoms with E-state index in [1.54, 1.807) is 4.90 Å². The highest BCUT2D eigenvalue weighted by atomic mass is 16.2. The van der Waals surface area contributed by atoms with Crippen LogP contribution in [0.25, 0.3) is 0 Å². The van der Waals surface area contributed by atoms with Gasteiger partial charge >= 0.3 is 0 Å². The lowest BCUT2D eigenvalue weighted by Gasteiger charge is -2.28. The van der Waals surface area contributed by atoms with Gasteiger partial charge in [0.25, 0.3) is 0 Å². The fraction of sp³-hybridized carbons (Fsp3) is 0.500. The number of carbonyl (C=O) groups is 1. The predicted molar refractivity (Wildman–Crippen MR) is 71.6 cm³/mol. The van der Waals surface area contributed by atoms with Crippen LogP contribution in [-0.4, -0.2) is 23.9 Å². The number of rotatable bonds is 4. The number of carbonyl (C=O) groups excluding carboxylic acids is 1. The van der Waals surface area contributed by atoms with Crippen LogP contribution in [0, 0.1) is 5.92 Å². The van der Waals surface area contributed by atoms with Gasteiger partial charge in [0.1, 0.15) is 0 Å². The third-order valence-electron chi connectivity index (χ3n) is 3.37. The SMILES string of the molecule is CC(C)C(C)N(C)C(=O)Cc1ccccc1N. The first-order chi connectivity index (χ1) is 7.93. The molecule has 0 heterocycles. The van der Waals surface area contributed by atoms with Crippen molar-refractivity contribution in [2.75, 3.05) is 12.8 Å². The van der Waals surface area contributed by atoms with Gasteiger partial charge in [0.15, 0.2) is 0 Å². The summed E-state index contributed by atoms with van der Waals surface area (Å²) in [7, 11) is 1.85. The first kappa shape index (κ1) is 13.6. The number of nitrogens with zero attached hydrogens (tertiary/aromatic N) is 1. The Balaban J connectivity index is 2.70. The van der Waals surface area contributed by atoms with Crippen molar-refractivity contribution in [3.8, 4) is 0 Å². The Kier molecular flexibility index (Phi) is 4.55. The molecule has 2 N–H and O–H groups in total. The Hall–Kier alpha value is -1.51. The fourth-order valence-corrected chi connectivity index (χ4v) is 1.66. The molecule has 1 rings (SSSR count). The summed E-state index contributed by atoms with van der Waals surface area (Å²) in [6, 6.07) is 7.76. The van der Waals surface area contributed by atoms with Gasteiger partial charge in [-0.2, -0.15) is 0 Å². The van der Waals surface area contributed by atoms with Crippen molar-refractivity contribution in [2.24, 2.45) is 5.92 Å². The summed E-state index contributed by atoms with van der Waals surface area (Å²) in [4.78, 5) is 13.9. The van der Waals surface area contributed by atoms with Crippen LogP contribution in [0.15, 0.2) is 24.3 Å². The second-order valence-corrected chi connectivity index (χ2v) is 4.86. The van der Waals surface area contributed by atoms with Crippen molar-refractivity contribution in [1.29, 1.82) is 0 Å². The van der Waals surface area contributed by atoms with Crippen molar-refractivity contribution in [3.05, 3.63) is 29.8 Å². The summed E-state index contributed by atoms with van der Waals surface area (Å²) in [5.41, 5.74) is 7.42. The van der Waals surface area contributed by atoms with Crippen LogP contribution in [-0.2, 0) is 11.2 Å². The molecule has 3 heteroatoms. The van der Waals surface area contributed by atoms with Gasteiger partial charge in [0.2, 0.25) is 5.91 Å². The molecule has 3 nitrogen and oxygen atoms in total. The van der Waals surface area contributed by atoms with Crippen LogP contribution in [0.2, 0.25) is 0 Å². The Morgan fingerprint density at radius 3 is 2.41 bits per heavy atom. The maximum absolute atomic E-state index is 12.1. The van der Waals surface area contributed by atoms with Gasteiger partial charge in [-0.25, -0.2) is 0 Å². The molecule has 1 amide bonds. The van der Waals surface area contributed by atoms with Crippen LogP contribution >= 0.6 is 0 Å². The standard InChI is InChI=1S/C14H22N2O/c1-10(2)11(3)16(4)14(17)9-12-7-5-6-8-13(12)15/h5-8,10-11H,9,15H2,1-4H3. The third-order valence-corrected chi connectivity index (χ3v) is 3.37. The molecule has 0 spiro atoms. The Bertz CT molecular complexity index is 388. The lowest BCUT2D eigenvalue weighted by Crippen LogP contribution is -2.39. The first-order valence-corrected chi connectivity index (χ1v) is 6.02. The molecule has 0 saturated carbocycles. The summed E-state index contributed by atoms with van der Waals surface area (Å²) in [5.74, 6) is 0.571. The largest absolute Gasteiger partial charge is 0.398 e. The molecule has 0 aliphatic carbocycles. The molecule has 0 aromatic heterocycles. The fourth-order valence-electron chi connectivity index (χ4n) is 1.66. The average molecular weight is 234 g/mol. The molecule has 94 valence electrons. The zero-order valence-electron chi connectivity index (χ0n) is 11.1. The van der Waals surface area contributed by atoms with E-state index in [0.717, 1.165) is 5.56 Å². The van der Waals surface area contributed by atoms with E-state index in [1.807, 2.05) is 31.3 Å². The number of para-hydroxylation sites is 1. The van der Waals surface area contributed by atoms with E-state index < -0.39 is 0 Å². The number of hydrogen-bond donors (Lipinski definition) is 1. The predicted octanol–water partition coefficient (Wildman–Crippen LogP) is 2.31. The van der Waals surface area contributed by atoms with Crippen LogP contribution in [0.3, 0.4) is 0 Å². The van der Waals surface area contributed by atoms with E-state index in [1.165, 1.54) is 0 Å². The lowest BCUT2D eigenvalue weighted by molar-refractivity contribution is -0.131. The highest BCUT2D eigenvalue weighted by Gasteiger charge is 2.19. The normalized spacial score (nSPS) is 12.5. The van der Waals surface area contributed by atoms with Crippen LogP contribution < -0.4 is 5.73 Å². The first-order valence-electron chi connectivity index (χ1n) is 6.02. The molecule has 1 atom stereocenters. The molecule has 0 bridgehead atoms. The zero-order chi connectivity index (χ0) is 13.0. The minimum atomic E-state index is 0.115. The van der Waals surface area contributed by atoms with Crippen molar-refractivity contribution in [1.82, 2.24) is 4.90 Å². The number of likely N-dealkylation sites (N-methyl/N-ethyl adjacent to an activating group) is 1. The molecule has 17 heavy (non-hydrogen) atoms. The van der Waals surface area contributed by atoms with Gasteiger partial charge in [-0.15, -0.1) is 0 Å². The summed E-state index contributed by atoms with van der Waals surface area (Å²) < 4.78 is 0. The summed E-state index contributed by atoms with van der Waals surface area (Å²) in [5, 5.41) is 0. The van der Waals surface area contributed by atoms with E-state index >= 15 is 0 Å². The molecule has 1 unspecified atom stereocenters. The minimum absolute atomic E-state index is 0.115. The molecule has 1 aromatic rings. The topological polar surface area (TPSA) is 46.3 Å². The summed E-state index contributed by atoms with van der Waals surface area (Å²) >= 11 is 0. The maximum Gasteiger partial charge on any atom is 0.227 e. The number of nitrogens with two attached hydrogens (primary N) is 1. The van der Waals surface area contributed by atoms with Crippen LogP contribution in [0.5, 0.6) is 0 Å². The van der Waals surface area contributed by atoms with Crippen molar-refractivity contribution in [2.45, 2.75) is 33.2 Å². The van der Waals surface area contributed by atoms with Crippen LogP contribution in [0.1, 0.15) is 26.3 Å². The van der Waals surface area contributed by atoms with E-state index in [-0.39, 0.29) is 11.9 Å². The van der Waals surface area contributed by atoms with Gasteiger partial charge in [-0.05, 0) is 24.5 Å². The van der Waals surface area contributed by atoms with Crippen LogP contribution in [0.4, 0.5) is 5.69 Å². The summed E-state index contributed by atoms with van der Waals surface area (Å²) in [6.07, 6.45) is 0.375. The smallest absolute Gasteiger partial charge is 0.227 e. The van der Waals surface area contributed by atoms with E-state index in [0.29, 0.717) is 18.0 Å². The highest BCUT2D eigenvalue weighted by Crippen LogP contribution is 2.14. The Labute approximate surface area is 104 Å². The average Bonchev–Trinajstić information content (AvgIpc) is 2.30. The second-order valence-electron chi connectivity index (χ2n) is 4.86. The molecule has 0 saturated heterocycles. The number of anilines is 1. The lowest BCUT2D eigenvalue weighted by atomic mass is 10.0. The second kappa shape index (κ2) is 5.71. The molecule has 0 aliphatic rings. The van der Waals surface area contributed by atoms with Crippen molar-refractivity contribution in [3.63, 3.8) is 0 Å². The third kappa shape index (κ3) is 3.48. The monoisotopic (exact) mass is 234 g/mol. The number of hydrogen-bond acceptors (Lipinski definition) is 2. The molecule has 1 aromatic carbocycles. The van der Waals surface area contributed by atoms with Gasteiger partial charge in [0, 0.05) is 18.8 Å². The summed E-state index contributed by atoms with van der Waals surface area (Å²) in [6.45, 7) is 6.30. The Morgan fingerprint density at radius 1 is 1.29 bits per heavy atom. The zero-order valence-corrected chi connectivity index (χ0v) is 11.1. The molecule has 0 radical (unpaired) electrons. The van der Waals surface area contributed by atoms with Gasteiger partial charge in [-0.1, -0.05) is 32.0 Å². The quantitative estimate of drug-likeness (QED) is 0.813. The minimum Gasteiger partial charge on any atom is -0.398 e. The van der Waals surface area contributed by atoms with Gasteiger partial charge in [0.05, 0.1) is 6.42 Å².